The molecule has 1 N–H and O–H groups in total. The molecule has 0 radical (unpaired) electrons. The Morgan fingerprint density at radius 1 is 1.17 bits per heavy atom. The third-order valence-electron chi connectivity index (χ3n) is 6.21. The largest absolute Gasteiger partial charge is 0.495 e. The van der Waals surface area contributed by atoms with Gasteiger partial charge >= 0.3 is 0 Å². The summed E-state index contributed by atoms with van der Waals surface area (Å²) in [6, 6.07) is 4.53. The summed E-state index contributed by atoms with van der Waals surface area (Å²) in [6.45, 7) is 7.24. The number of carbonyl (C=O) groups excluding carboxylic acids is 1. The van der Waals surface area contributed by atoms with E-state index in [1.54, 1.807) is 17.9 Å². The van der Waals surface area contributed by atoms with E-state index in [0.29, 0.717) is 24.5 Å². The number of hydrogen-bond acceptors (Lipinski definition) is 5. The van der Waals surface area contributed by atoms with Crippen LogP contribution in [0.5, 0.6) is 5.75 Å². The number of carbonyl (C=O) groups is 1. The maximum absolute atomic E-state index is 15.2. The number of benzene rings is 1. The van der Waals surface area contributed by atoms with Crippen molar-refractivity contribution in [2.24, 2.45) is 0 Å². The summed E-state index contributed by atoms with van der Waals surface area (Å²) in [7, 11) is 1.39. The molecule has 4 rings (SSSR count). The van der Waals surface area contributed by atoms with Crippen LogP contribution in [0.25, 0.3) is 11.3 Å². The Labute approximate surface area is 202 Å². The highest BCUT2D eigenvalue weighted by Gasteiger charge is 2.30. The Morgan fingerprint density at radius 3 is 2.57 bits per heavy atom. The molecule has 1 aliphatic heterocycles. The van der Waals surface area contributed by atoms with Crippen LogP contribution in [-0.4, -0.2) is 34.4 Å². The molecule has 0 saturated heterocycles. The molecule has 0 bridgehead atoms. The Morgan fingerprint density at radius 2 is 1.91 bits per heavy atom. The minimum atomic E-state index is -1.77. The summed E-state index contributed by atoms with van der Waals surface area (Å²) < 4.78 is 50.2. The number of amides is 1. The number of aromatic nitrogens is 2. The van der Waals surface area contributed by atoms with Crippen molar-refractivity contribution in [1.82, 2.24) is 14.9 Å². The van der Waals surface area contributed by atoms with Crippen LogP contribution < -0.4 is 10.1 Å². The Kier molecular flexibility index (Phi) is 6.44. The number of hydrogen-bond donors (Lipinski definition) is 1. The van der Waals surface area contributed by atoms with Gasteiger partial charge in [-0.1, -0.05) is 0 Å². The summed E-state index contributed by atoms with van der Waals surface area (Å²) in [5.74, 6) is -0.757. The lowest BCUT2D eigenvalue weighted by Crippen LogP contribution is -2.22. The highest BCUT2D eigenvalue weighted by molar-refractivity contribution is 5.99. The quantitative estimate of drug-likeness (QED) is 0.460. The predicted octanol–water partition coefficient (Wildman–Crippen LogP) is 5.78. The molecule has 3 aromatic rings. The molecule has 0 unspecified atom stereocenters. The van der Waals surface area contributed by atoms with Crippen LogP contribution in [0.15, 0.2) is 36.7 Å². The molecule has 3 heterocycles. The number of methoxy groups -OCH3 is 1. The minimum absolute atomic E-state index is 0.0787. The topological polar surface area (TPSA) is 67.3 Å². The van der Waals surface area contributed by atoms with Crippen molar-refractivity contribution in [2.45, 2.75) is 46.0 Å². The molecular formula is C26H27F3N4O2. The van der Waals surface area contributed by atoms with Crippen molar-refractivity contribution in [2.75, 3.05) is 19.0 Å². The second-order valence-corrected chi connectivity index (χ2v) is 8.97. The first-order valence-corrected chi connectivity index (χ1v) is 11.3. The van der Waals surface area contributed by atoms with Gasteiger partial charge in [-0.25, -0.2) is 18.2 Å². The first kappa shape index (κ1) is 24.5. The number of ether oxygens (including phenoxy) is 1. The lowest BCUT2D eigenvalue weighted by Gasteiger charge is -2.20. The first-order chi connectivity index (χ1) is 16.5. The maximum Gasteiger partial charge on any atom is 0.254 e. The van der Waals surface area contributed by atoms with Gasteiger partial charge in [0.15, 0.2) is 0 Å². The van der Waals surface area contributed by atoms with Crippen molar-refractivity contribution >= 4 is 11.7 Å². The van der Waals surface area contributed by atoms with E-state index in [2.05, 4.69) is 15.3 Å². The molecule has 0 aliphatic carbocycles. The van der Waals surface area contributed by atoms with E-state index in [4.69, 9.17) is 4.74 Å². The number of rotatable bonds is 7. The van der Waals surface area contributed by atoms with Crippen LogP contribution in [0.3, 0.4) is 0 Å². The van der Waals surface area contributed by atoms with E-state index in [-0.39, 0.29) is 34.0 Å². The van der Waals surface area contributed by atoms with Gasteiger partial charge in [0.25, 0.3) is 5.91 Å². The zero-order chi connectivity index (χ0) is 25.5. The molecule has 184 valence electrons. The third kappa shape index (κ3) is 4.54. The normalized spacial score (nSPS) is 14.2. The number of pyridine rings is 2. The zero-order valence-corrected chi connectivity index (χ0v) is 20.2. The van der Waals surface area contributed by atoms with Gasteiger partial charge in [0.1, 0.15) is 28.9 Å². The lowest BCUT2D eigenvalue weighted by molar-refractivity contribution is 0.0787. The molecule has 1 amide bonds. The van der Waals surface area contributed by atoms with E-state index < -0.39 is 23.3 Å². The number of nitrogens with one attached hydrogen (secondary N) is 1. The van der Waals surface area contributed by atoms with E-state index in [1.807, 2.05) is 6.92 Å². The lowest BCUT2D eigenvalue weighted by atomic mass is 9.96. The molecule has 1 atom stereocenters. The molecule has 1 aliphatic rings. The van der Waals surface area contributed by atoms with Gasteiger partial charge in [0.05, 0.1) is 31.6 Å². The van der Waals surface area contributed by atoms with Crippen molar-refractivity contribution in [3.8, 4) is 17.0 Å². The standard InChI is InChI=1S/C26H27F3N4O2/c1-6-33-13-18-15(25(33)34)7-8-30-24(18)32-14(2)16-9-21(28)17(10-20(16)27)22-11-19(26(3,4)29)23(35-5)12-31-22/h7-12,14H,6,13H2,1-5H3,(H,30,32)/t14-/m0/s1. The van der Waals surface area contributed by atoms with Crippen LogP contribution in [-0.2, 0) is 12.2 Å². The molecule has 0 saturated carbocycles. The van der Waals surface area contributed by atoms with Gasteiger partial charge in [0, 0.05) is 40.6 Å². The summed E-state index contributed by atoms with van der Waals surface area (Å²) in [4.78, 5) is 22.6. The van der Waals surface area contributed by atoms with Crippen molar-refractivity contribution in [3.05, 3.63) is 70.5 Å². The smallest absolute Gasteiger partial charge is 0.254 e. The van der Waals surface area contributed by atoms with Crippen LogP contribution in [0.2, 0.25) is 0 Å². The molecule has 2 aromatic heterocycles. The van der Waals surface area contributed by atoms with E-state index in [9.17, 15) is 9.18 Å². The minimum Gasteiger partial charge on any atom is -0.495 e. The number of nitrogens with zero attached hydrogens (tertiary/aromatic N) is 3. The van der Waals surface area contributed by atoms with Crippen molar-refractivity contribution in [3.63, 3.8) is 0 Å². The van der Waals surface area contributed by atoms with Gasteiger partial charge in [-0.05, 0) is 52.0 Å². The average Bonchev–Trinajstić information content (AvgIpc) is 3.16. The monoisotopic (exact) mass is 484 g/mol. The SMILES string of the molecule is CCN1Cc2c(ccnc2N[C@@H](C)c2cc(F)c(-c3cc(C(C)(C)F)c(OC)cn3)cc2F)C1=O. The zero-order valence-electron chi connectivity index (χ0n) is 20.2. The van der Waals surface area contributed by atoms with Gasteiger partial charge in [-0.2, -0.15) is 0 Å². The fraction of sp³-hybridized carbons (Fsp3) is 0.346. The highest BCUT2D eigenvalue weighted by Crippen LogP contribution is 2.37. The number of alkyl halides is 1. The predicted molar refractivity (Wildman–Crippen MR) is 127 cm³/mol. The summed E-state index contributed by atoms with van der Waals surface area (Å²) in [5, 5.41) is 3.12. The van der Waals surface area contributed by atoms with Gasteiger partial charge in [-0.15, -0.1) is 0 Å². The summed E-state index contributed by atoms with van der Waals surface area (Å²) >= 11 is 0. The average molecular weight is 485 g/mol. The van der Waals surface area contributed by atoms with Gasteiger partial charge in [0.2, 0.25) is 0 Å². The molecule has 9 heteroatoms. The molecule has 35 heavy (non-hydrogen) atoms. The van der Waals surface area contributed by atoms with Crippen LogP contribution in [0.1, 0.15) is 60.8 Å². The molecule has 0 spiro atoms. The molecule has 1 aromatic carbocycles. The summed E-state index contributed by atoms with van der Waals surface area (Å²) in [5.41, 5.74) is -0.215. The third-order valence-corrected chi connectivity index (χ3v) is 6.21. The Balaban J connectivity index is 1.65. The summed E-state index contributed by atoms with van der Waals surface area (Å²) in [6.07, 6.45) is 2.81. The maximum atomic E-state index is 15.2. The Hall–Kier alpha value is -3.62. The Bertz CT molecular complexity index is 1290. The molecule has 6 nitrogen and oxygen atoms in total. The molecular weight excluding hydrogens is 457 g/mol. The van der Waals surface area contributed by atoms with Crippen molar-refractivity contribution in [1.29, 1.82) is 0 Å². The second-order valence-electron chi connectivity index (χ2n) is 8.97. The number of fused-ring (bicyclic) bond motifs is 1. The van der Waals surface area contributed by atoms with E-state index >= 15 is 8.78 Å². The van der Waals surface area contributed by atoms with Crippen LogP contribution in [0, 0.1) is 11.6 Å². The fourth-order valence-corrected chi connectivity index (χ4v) is 4.26. The second kappa shape index (κ2) is 9.20. The van der Waals surface area contributed by atoms with Crippen LogP contribution >= 0.6 is 0 Å². The highest BCUT2D eigenvalue weighted by atomic mass is 19.1. The van der Waals surface area contributed by atoms with Gasteiger partial charge < -0.3 is 15.0 Å². The fourth-order valence-electron chi connectivity index (χ4n) is 4.26. The number of anilines is 1. The first-order valence-electron chi connectivity index (χ1n) is 11.3. The van der Waals surface area contributed by atoms with Crippen LogP contribution in [0.4, 0.5) is 19.0 Å². The van der Waals surface area contributed by atoms with E-state index in [1.165, 1.54) is 39.4 Å². The number of halogens is 3. The van der Waals surface area contributed by atoms with Gasteiger partial charge in [-0.3, -0.25) is 9.78 Å². The van der Waals surface area contributed by atoms with E-state index in [0.717, 1.165) is 17.7 Å². The van der Waals surface area contributed by atoms with Crippen molar-refractivity contribution < 1.29 is 22.7 Å². The molecule has 0 fully saturated rings.